The van der Waals surface area contributed by atoms with Gasteiger partial charge in [-0.05, 0) is 35.6 Å². The first kappa shape index (κ1) is 14.7. The summed E-state index contributed by atoms with van der Waals surface area (Å²) in [5, 5.41) is 5.21. The molecule has 1 aliphatic rings. The molecule has 0 atom stereocenters. The van der Waals surface area contributed by atoms with Crippen molar-refractivity contribution in [3.05, 3.63) is 46.2 Å². The third-order valence-corrected chi connectivity index (χ3v) is 4.31. The zero-order chi connectivity index (χ0) is 15.2. The molecule has 5 nitrogen and oxygen atoms in total. The summed E-state index contributed by atoms with van der Waals surface area (Å²) < 4.78 is 10.7. The Hall–Kier alpha value is -2.21. The molecule has 0 saturated heterocycles. The predicted molar refractivity (Wildman–Crippen MR) is 88.8 cm³/mol. The molecule has 6 heteroatoms. The fourth-order valence-corrected chi connectivity index (χ4v) is 2.93. The van der Waals surface area contributed by atoms with Gasteiger partial charge in [0.05, 0.1) is 0 Å². The highest BCUT2D eigenvalue weighted by molar-refractivity contribution is 7.09. The fourth-order valence-electron chi connectivity index (χ4n) is 2.23. The minimum Gasteiger partial charge on any atom is -0.454 e. The van der Waals surface area contributed by atoms with Gasteiger partial charge in [0, 0.05) is 24.4 Å². The van der Waals surface area contributed by atoms with E-state index in [1.54, 1.807) is 11.3 Å². The summed E-state index contributed by atoms with van der Waals surface area (Å²) >= 11 is 1.75. The number of thiophene rings is 1. The van der Waals surface area contributed by atoms with Crippen molar-refractivity contribution in [2.45, 2.75) is 12.8 Å². The summed E-state index contributed by atoms with van der Waals surface area (Å²) in [6.07, 6.45) is 1.79. The van der Waals surface area contributed by atoms with Gasteiger partial charge in [0.2, 0.25) is 6.79 Å². The van der Waals surface area contributed by atoms with E-state index in [1.165, 1.54) is 10.4 Å². The number of benzene rings is 1. The quantitative estimate of drug-likeness (QED) is 0.633. The number of nitrogens with zero attached hydrogens (tertiary/aromatic N) is 1. The number of rotatable bonds is 6. The van der Waals surface area contributed by atoms with Crippen LogP contribution in [-0.4, -0.2) is 25.8 Å². The lowest BCUT2D eigenvalue weighted by Crippen LogP contribution is -2.33. The van der Waals surface area contributed by atoms with Gasteiger partial charge in [-0.3, -0.25) is 4.99 Å². The topological polar surface area (TPSA) is 68.9 Å². The zero-order valence-corrected chi connectivity index (χ0v) is 13.1. The summed E-state index contributed by atoms with van der Waals surface area (Å²) in [4.78, 5) is 5.66. The maximum atomic E-state index is 5.87. The Morgan fingerprint density at radius 1 is 1.23 bits per heavy atom. The fraction of sp³-hybridized carbons (Fsp3) is 0.312. The molecular formula is C16H19N3O2S. The van der Waals surface area contributed by atoms with E-state index in [0.29, 0.717) is 19.3 Å². The molecule has 0 fully saturated rings. The van der Waals surface area contributed by atoms with E-state index in [-0.39, 0.29) is 0 Å². The Morgan fingerprint density at radius 3 is 3.00 bits per heavy atom. The van der Waals surface area contributed by atoms with Crippen molar-refractivity contribution in [3.63, 3.8) is 0 Å². The van der Waals surface area contributed by atoms with Crippen LogP contribution < -0.4 is 20.5 Å². The number of aliphatic imine (C=N–C) groups is 1. The van der Waals surface area contributed by atoms with E-state index in [2.05, 4.69) is 27.8 Å². The second-order valence-corrected chi connectivity index (χ2v) is 5.99. The van der Waals surface area contributed by atoms with Gasteiger partial charge in [-0.15, -0.1) is 11.3 Å². The summed E-state index contributed by atoms with van der Waals surface area (Å²) in [5.41, 5.74) is 7.05. The van der Waals surface area contributed by atoms with Crippen LogP contribution in [0, 0.1) is 0 Å². The van der Waals surface area contributed by atoms with Gasteiger partial charge in [0.1, 0.15) is 0 Å². The first-order valence-electron chi connectivity index (χ1n) is 7.26. The number of hydrogen-bond acceptors (Lipinski definition) is 4. The average Bonchev–Trinajstić information content (AvgIpc) is 3.17. The van der Waals surface area contributed by atoms with Crippen LogP contribution in [0.1, 0.15) is 10.4 Å². The Morgan fingerprint density at radius 2 is 2.14 bits per heavy atom. The van der Waals surface area contributed by atoms with Crippen LogP contribution in [-0.2, 0) is 12.8 Å². The molecule has 22 heavy (non-hydrogen) atoms. The summed E-state index contributed by atoms with van der Waals surface area (Å²) in [6, 6.07) is 10.2. The van der Waals surface area contributed by atoms with Crippen molar-refractivity contribution in [3.8, 4) is 11.5 Å². The second kappa shape index (κ2) is 7.17. The van der Waals surface area contributed by atoms with Gasteiger partial charge in [-0.1, -0.05) is 12.1 Å². The molecule has 0 spiro atoms. The van der Waals surface area contributed by atoms with Crippen molar-refractivity contribution >= 4 is 17.3 Å². The van der Waals surface area contributed by atoms with Crippen molar-refractivity contribution < 1.29 is 9.47 Å². The van der Waals surface area contributed by atoms with Gasteiger partial charge < -0.3 is 20.5 Å². The maximum Gasteiger partial charge on any atom is 0.231 e. The maximum absolute atomic E-state index is 5.87. The molecular weight excluding hydrogens is 298 g/mol. The van der Waals surface area contributed by atoms with Gasteiger partial charge in [0.15, 0.2) is 17.5 Å². The molecule has 0 saturated carbocycles. The van der Waals surface area contributed by atoms with E-state index in [0.717, 1.165) is 30.9 Å². The number of fused-ring (bicyclic) bond motifs is 1. The highest BCUT2D eigenvalue weighted by Gasteiger charge is 2.12. The third-order valence-electron chi connectivity index (χ3n) is 3.38. The Kier molecular flexibility index (Phi) is 4.80. The van der Waals surface area contributed by atoms with Crippen LogP contribution in [0.4, 0.5) is 0 Å². The highest BCUT2D eigenvalue weighted by Crippen LogP contribution is 2.32. The molecule has 2 heterocycles. The van der Waals surface area contributed by atoms with Crippen molar-refractivity contribution in [2.24, 2.45) is 10.7 Å². The van der Waals surface area contributed by atoms with E-state index >= 15 is 0 Å². The number of nitrogens with two attached hydrogens (primary N) is 1. The monoisotopic (exact) mass is 317 g/mol. The summed E-state index contributed by atoms with van der Waals surface area (Å²) in [7, 11) is 0. The molecule has 0 radical (unpaired) electrons. The molecule has 0 amide bonds. The molecule has 1 aliphatic heterocycles. The number of hydrogen-bond donors (Lipinski definition) is 2. The first-order chi connectivity index (χ1) is 10.8. The number of ether oxygens (including phenoxy) is 2. The molecule has 1 aromatic carbocycles. The Balaban J connectivity index is 1.40. The molecule has 0 aliphatic carbocycles. The van der Waals surface area contributed by atoms with Crippen molar-refractivity contribution in [1.29, 1.82) is 0 Å². The summed E-state index contributed by atoms with van der Waals surface area (Å²) in [5.74, 6) is 2.12. The third kappa shape index (κ3) is 3.92. The van der Waals surface area contributed by atoms with E-state index in [9.17, 15) is 0 Å². The van der Waals surface area contributed by atoms with Crippen LogP contribution in [0.5, 0.6) is 11.5 Å². The van der Waals surface area contributed by atoms with Crippen molar-refractivity contribution in [2.75, 3.05) is 19.9 Å². The Bertz CT molecular complexity index is 641. The van der Waals surface area contributed by atoms with Crippen LogP contribution in [0.3, 0.4) is 0 Å². The largest absolute Gasteiger partial charge is 0.454 e. The van der Waals surface area contributed by atoms with Crippen LogP contribution in [0.25, 0.3) is 0 Å². The highest BCUT2D eigenvalue weighted by atomic mass is 32.1. The molecule has 116 valence electrons. The molecule has 3 N–H and O–H groups in total. The van der Waals surface area contributed by atoms with E-state index < -0.39 is 0 Å². The predicted octanol–water partition coefficient (Wildman–Crippen LogP) is 2.17. The van der Waals surface area contributed by atoms with Gasteiger partial charge in [-0.25, -0.2) is 0 Å². The zero-order valence-electron chi connectivity index (χ0n) is 12.2. The normalized spacial score (nSPS) is 13.4. The molecule has 3 rings (SSSR count). The molecule has 2 aromatic rings. The van der Waals surface area contributed by atoms with Gasteiger partial charge in [-0.2, -0.15) is 0 Å². The lowest BCUT2D eigenvalue weighted by Gasteiger charge is -2.06. The minimum atomic E-state index is 0.306. The molecule has 1 aromatic heterocycles. The number of nitrogens with one attached hydrogen (secondary N) is 1. The lowest BCUT2D eigenvalue weighted by atomic mass is 10.1. The second-order valence-electron chi connectivity index (χ2n) is 4.96. The molecule has 0 bridgehead atoms. The summed E-state index contributed by atoms with van der Waals surface area (Å²) in [6.45, 7) is 1.76. The van der Waals surface area contributed by atoms with Crippen LogP contribution in [0.15, 0.2) is 40.7 Å². The lowest BCUT2D eigenvalue weighted by molar-refractivity contribution is 0.174. The van der Waals surface area contributed by atoms with Crippen LogP contribution in [0.2, 0.25) is 0 Å². The SMILES string of the molecule is NC(=NCCc1cccs1)NCCc1ccc2c(c1)OCO2. The van der Waals surface area contributed by atoms with Gasteiger partial charge >= 0.3 is 0 Å². The van der Waals surface area contributed by atoms with Gasteiger partial charge in [0.25, 0.3) is 0 Å². The van der Waals surface area contributed by atoms with E-state index in [4.69, 9.17) is 15.2 Å². The van der Waals surface area contributed by atoms with Crippen LogP contribution >= 0.6 is 11.3 Å². The minimum absolute atomic E-state index is 0.306. The van der Waals surface area contributed by atoms with Crippen molar-refractivity contribution in [1.82, 2.24) is 5.32 Å². The Labute approximate surface area is 133 Å². The standard InChI is InChI=1S/C16H19N3O2S/c17-16(19-8-6-13-2-1-9-22-13)18-7-5-12-3-4-14-15(10-12)21-11-20-14/h1-4,9-10H,5-8,11H2,(H3,17,18,19). The molecule has 0 unspecified atom stereocenters. The first-order valence-corrected chi connectivity index (χ1v) is 8.14. The average molecular weight is 317 g/mol. The smallest absolute Gasteiger partial charge is 0.231 e. The van der Waals surface area contributed by atoms with E-state index in [1.807, 2.05) is 18.2 Å². The number of guanidine groups is 1.